The summed E-state index contributed by atoms with van der Waals surface area (Å²) in [7, 11) is 0. The van der Waals surface area contributed by atoms with E-state index in [9.17, 15) is 9.59 Å². The van der Waals surface area contributed by atoms with E-state index in [0.717, 1.165) is 19.5 Å². The van der Waals surface area contributed by atoms with Crippen molar-refractivity contribution in [2.24, 2.45) is 5.92 Å². The van der Waals surface area contributed by atoms with Gasteiger partial charge in [-0.3, -0.25) is 9.69 Å². The molecule has 2 aliphatic rings. The third-order valence-corrected chi connectivity index (χ3v) is 4.87. The molecule has 156 valence electrons. The molecule has 7 nitrogen and oxygen atoms in total. The summed E-state index contributed by atoms with van der Waals surface area (Å²) in [6.45, 7) is 17.1. The number of hydrogen-bond donors (Lipinski definition) is 1. The highest BCUT2D eigenvalue weighted by Crippen LogP contribution is 2.24. The maximum absolute atomic E-state index is 12.4. The lowest BCUT2D eigenvalue weighted by atomic mass is 9.93. The van der Waals surface area contributed by atoms with Gasteiger partial charge in [-0.05, 0) is 54.9 Å². The average molecular weight is 384 g/mol. The Balaban J connectivity index is 1.91. The summed E-state index contributed by atoms with van der Waals surface area (Å²) in [6, 6.07) is 0.488. The minimum Gasteiger partial charge on any atom is -0.460 e. The normalized spacial score (nSPS) is 28.0. The van der Waals surface area contributed by atoms with Gasteiger partial charge >= 0.3 is 12.1 Å². The predicted octanol–water partition coefficient (Wildman–Crippen LogP) is 2.25. The second kappa shape index (κ2) is 8.35. The van der Waals surface area contributed by atoms with Crippen molar-refractivity contribution >= 4 is 12.1 Å². The number of amides is 1. The Labute approximate surface area is 163 Å². The molecule has 2 unspecified atom stereocenters. The van der Waals surface area contributed by atoms with Crippen LogP contribution in [0.4, 0.5) is 4.79 Å². The number of esters is 1. The fourth-order valence-electron chi connectivity index (χ4n) is 3.74. The number of piperidine rings is 1. The summed E-state index contributed by atoms with van der Waals surface area (Å²) in [5.41, 5.74) is -0.943. The van der Waals surface area contributed by atoms with Crippen LogP contribution in [0.2, 0.25) is 0 Å². The van der Waals surface area contributed by atoms with Crippen molar-refractivity contribution in [2.45, 2.75) is 78.2 Å². The first kappa shape index (κ1) is 22.0. The van der Waals surface area contributed by atoms with Gasteiger partial charge in [0.2, 0.25) is 0 Å². The number of hydrogen-bond acceptors (Lipinski definition) is 6. The second-order valence-corrected chi connectivity index (χ2v) is 9.79. The lowest BCUT2D eigenvalue weighted by Gasteiger charge is -2.46. The first-order valence-corrected chi connectivity index (χ1v) is 10.0. The van der Waals surface area contributed by atoms with Crippen LogP contribution in [-0.2, 0) is 14.3 Å². The van der Waals surface area contributed by atoms with E-state index in [1.54, 1.807) is 4.90 Å². The standard InChI is InChI=1S/C20H37N3O4/c1-14-13-22(18(25)27-20(5,6)7)8-9-23(14)16-10-15(11-21-12-16)17(24)26-19(2,3)4/h14-16,21H,8-13H2,1-7H3/t14-,15?,16?/m0/s1. The molecule has 1 amide bonds. The molecule has 7 heteroatoms. The van der Waals surface area contributed by atoms with Gasteiger partial charge in [-0.15, -0.1) is 0 Å². The van der Waals surface area contributed by atoms with Gasteiger partial charge in [0.1, 0.15) is 11.2 Å². The molecule has 2 saturated heterocycles. The summed E-state index contributed by atoms with van der Waals surface area (Å²) in [5, 5.41) is 3.39. The number of nitrogens with one attached hydrogen (secondary N) is 1. The van der Waals surface area contributed by atoms with Crippen LogP contribution in [0.5, 0.6) is 0 Å². The van der Waals surface area contributed by atoms with E-state index in [4.69, 9.17) is 9.47 Å². The number of rotatable bonds is 2. The molecule has 27 heavy (non-hydrogen) atoms. The number of piperazine rings is 1. The topological polar surface area (TPSA) is 71.1 Å². The maximum atomic E-state index is 12.4. The third-order valence-electron chi connectivity index (χ3n) is 4.87. The minimum atomic E-state index is -0.481. The molecule has 2 aliphatic heterocycles. The van der Waals surface area contributed by atoms with Crippen molar-refractivity contribution in [3.05, 3.63) is 0 Å². The quantitative estimate of drug-likeness (QED) is 0.738. The van der Waals surface area contributed by atoms with Gasteiger partial charge in [0.15, 0.2) is 0 Å². The summed E-state index contributed by atoms with van der Waals surface area (Å²) in [4.78, 5) is 29.0. The SMILES string of the molecule is C[C@H]1CN(C(=O)OC(C)(C)C)CCN1C1CNCC(C(=O)OC(C)(C)C)C1. The van der Waals surface area contributed by atoms with E-state index < -0.39 is 11.2 Å². The molecule has 2 rings (SSSR count). The van der Waals surface area contributed by atoms with E-state index in [2.05, 4.69) is 17.1 Å². The van der Waals surface area contributed by atoms with Gasteiger partial charge in [-0.1, -0.05) is 0 Å². The molecule has 2 heterocycles. The molecule has 0 saturated carbocycles. The first-order chi connectivity index (χ1) is 12.4. The van der Waals surface area contributed by atoms with Crippen LogP contribution < -0.4 is 5.32 Å². The molecule has 0 aromatic carbocycles. The van der Waals surface area contributed by atoms with Gasteiger partial charge in [0.25, 0.3) is 0 Å². The summed E-state index contributed by atoms with van der Waals surface area (Å²) in [5.74, 6) is -0.251. The first-order valence-electron chi connectivity index (χ1n) is 10.0. The molecule has 3 atom stereocenters. The van der Waals surface area contributed by atoms with Crippen molar-refractivity contribution in [1.82, 2.24) is 15.1 Å². The van der Waals surface area contributed by atoms with Crippen LogP contribution in [0.25, 0.3) is 0 Å². The zero-order valence-corrected chi connectivity index (χ0v) is 18.0. The third kappa shape index (κ3) is 6.64. The van der Waals surface area contributed by atoms with Gasteiger partial charge in [-0.2, -0.15) is 0 Å². The Morgan fingerprint density at radius 3 is 2.15 bits per heavy atom. The Hall–Kier alpha value is -1.34. The van der Waals surface area contributed by atoms with E-state index in [0.29, 0.717) is 19.6 Å². The smallest absolute Gasteiger partial charge is 0.410 e. The van der Waals surface area contributed by atoms with E-state index in [1.807, 2.05) is 41.5 Å². The van der Waals surface area contributed by atoms with Gasteiger partial charge < -0.3 is 19.7 Å². The van der Waals surface area contributed by atoms with Crippen molar-refractivity contribution in [1.29, 1.82) is 0 Å². The predicted molar refractivity (Wildman–Crippen MR) is 105 cm³/mol. The summed E-state index contributed by atoms with van der Waals surface area (Å²) in [6.07, 6.45) is 0.543. The highest BCUT2D eigenvalue weighted by Gasteiger charge is 2.37. The molecule has 0 aliphatic carbocycles. The molecule has 0 radical (unpaired) electrons. The fourth-order valence-corrected chi connectivity index (χ4v) is 3.74. The molecule has 0 aromatic heterocycles. The lowest BCUT2D eigenvalue weighted by Crippen LogP contribution is -2.61. The van der Waals surface area contributed by atoms with Crippen LogP contribution in [0.3, 0.4) is 0 Å². The Morgan fingerprint density at radius 2 is 1.59 bits per heavy atom. The minimum absolute atomic E-state index is 0.125. The molecule has 2 fully saturated rings. The van der Waals surface area contributed by atoms with Crippen LogP contribution in [0.1, 0.15) is 54.9 Å². The van der Waals surface area contributed by atoms with Crippen molar-refractivity contribution in [3.8, 4) is 0 Å². The highest BCUT2D eigenvalue weighted by atomic mass is 16.6. The van der Waals surface area contributed by atoms with E-state index in [-0.39, 0.29) is 30.1 Å². The fraction of sp³-hybridized carbons (Fsp3) is 0.900. The van der Waals surface area contributed by atoms with E-state index >= 15 is 0 Å². The van der Waals surface area contributed by atoms with Crippen molar-refractivity contribution < 1.29 is 19.1 Å². The Bertz CT molecular complexity index is 538. The molecule has 1 N–H and O–H groups in total. The Morgan fingerprint density at radius 1 is 0.963 bits per heavy atom. The van der Waals surface area contributed by atoms with Crippen LogP contribution in [0, 0.1) is 5.92 Å². The maximum Gasteiger partial charge on any atom is 0.410 e. The van der Waals surface area contributed by atoms with Crippen LogP contribution in [0.15, 0.2) is 0 Å². The zero-order valence-electron chi connectivity index (χ0n) is 18.0. The van der Waals surface area contributed by atoms with Crippen molar-refractivity contribution in [2.75, 3.05) is 32.7 Å². The summed E-state index contributed by atoms with van der Waals surface area (Å²) >= 11 is 0. The molecule has 0 bridgehead atoms. The van der Waals surface area contributed by atoms with Gasteiger partial charge in [0.05, 0.1) is 5.92 Å². The number of carbonyl (C=O) groups excluding carboxylic acids is 2. The molecule has 0 aromatic rings. The molecular weight excluding hydrogens is 346 g/mol. The highest BCUT2D eigenvalue weighted by molar-refractivity contribution is 5.73. The lowest BCUT2D eigenvalue weighted by molar-refractivity contribution is -0.161. The van der Waals surface area contributed by atoms with Crippen LogP contribution >= 0.6 is 0 Å². The number of carbonyl (C=O) groups is 2. The number of nitrogens with zero attached hydrogens (tertiary/aromatic N) is 2. The largest absolute Gasteiger partial charge is 0.460 e. The average Bonchev–Trinajstić information content (AvgIpc) is 2.51. The van der Waals surface area contributed by atoms with Crippen molar-refractivity contribution in [3.63, 3.8) is 0 Å². The number of ether oxygens (including phenoxy) is 2. The summed E-state index contributed by atoms with van der Waals surface area (Å²) < 4.78 is 11.1. The second-order valence-electron chi connectivity index (χ2n) is 9.79. The van der Waals surface area contributed by atoms with Crippen LogP contribution in [-0.4, -0.2) is 77.9 Å². The monoisotopic (exact) mass is 383 g/mol. The molecular formula is C20H37N3O4. The molecule has 0 spiro atoms. The van der Waals surface area contributed by atoms with E-state index in [1.165, 1.54) is 0 Å². The Kier molecular flexibility index (Phi) is 6.79. The van der Waals surface area contributed by atoms with Gasteiger partial charge in [0, 0.05) is 44.8 Å². The van der Waals surface area contributed by atoms with Gasteiger partial charge in [-0.25, -0.2) is 4.79 Å². The zero-order chi connectivity index (χ0) is 20.4.